The molecule has 0 saturated carbocycles. The first kappa shape index (κ1) is 23.2. The lowest BCUT2D eigenvalue weighted by Crippen LogP contribution is -2.41. The van der Waals surface area contributed by atoms with Crippen LogP contribution < -0.4 is 5.32 Å². The summed E-state index contributed by atoms with van der Waals surface area (Å²) in [6.45, 7) is 6.96. The van der Waals surface area contributed by atoms with Gasteiger partial charge in [0.25, 0.3) is 5.91 Å². The summed E-state index contributed by atoms with van der Waals surface area (Å²) in [6.07, 6.45) is 2.67. The number of aryl methyl sites for hydroxylation is 2. The SMILES string of the molecule is CCCCNC(=O)CC[C@H]1N=C2c3ccccc3N=C(SCc3ccc(C)cc3C)N2C1=O. The molecule has 33 heavy (non-hydrogen) atoms. The van der Waals surface area contributed by atoms with Crippen LogP contribution in [0.15, 0.2) is 52.4 Å². The van der Waals surface area contributed by atoms with Gasteiger partial charge in [0.15, 0.2) is 5.17 Å². The van der Waals surface area contributed by atoms with Gasteiger partial charge in [0, 0.05) is 24.3 Å². The summed E-state index contributed by atoms with van der Waals surface area (Å²) in [6, 6.07) is 13.6. The van der Waals surface area contributed by atoms with E-state index < -0.39 is 6.04 Å². The first-order valence-corrected chi connectivity index (χ1v) is 12.5. The predicted octanol–water partition coefficient (Wildman–Crippen LogP) is 4.89. The fourth-order valence-corrected chi connectivity index (χ4v) is 5.07. The number of fused-ring (bicyclic) bond motifs is 3. The third-order valence-corrected chi connectivity index (χ3v) is 6.89. The van der Waals surface area contributed by atoms with E-state index in [1.807, 2.05) is 24.3 Å². The second-order valence-corrected chi connectivity index (χ2v) is 9.46. The molecule has 0 bridgehead atoms. The third kappa shape index (κ3) is 5.19. The number of benzene rings is 2. The molecule has 0 saturated heterocycles. The Balaban J connectivity index is 1.52. The van der Waals surface area contributed by atoms with Crippen molar-refractivity contribution in [3.63, 3.8) is 0 Å². The molecule has 0 spiro atoms. The first-order valence-electron chi connectivity index (χ1n) is 11.5. The number of unbranched alkanes of at least 4 members (excludes halogenated alkanes) is 1. The minimum absolute atomic E-state index is 0.0279. The highest BCUT2D eigenvalue weighted by Crippen LogP contribution is 2.35. The highest BCUT2D eigenvalue weighted by Gasteiger charge is 2.41. The molecule has 0 radical (unpaired) electrons. The number of hydrogen-bond acceptors (Lipinski definition) is 5. The second-order valence-electron chi connectivity index (χ2n) is 8.51. The van der Waals surface area contributed by atoms with E-state index in [0.717, 1.165) is 24.1 Å². The Hall–Kier alpha value is -2.93. The average molecular weight is 463 g/mol. The zero-order valence-electron chi connectivity index (χ0n) is 19.4. The number of hydrogen-bond donors (Lipinski definition) is 1. The monoisotopic (exact) mass is 462 g/mol. The van der Waals surface area contributed by atoms with Crippen molar-refractivity contribution in [2.45, 2.75) is 58.2 Å². The van der Waals surface area contributed by atoms with E-state index in [0.29, 0.717) is 29.7 Å². The van der Waals surface area contributed by atoms with Crippen LogP contribution >= 0.6 is 11.8 Å². The maximum Gasteiger partial charge on any atom is 0.259 e. The van der Waals surface area contributed by atoms with Crippen molar-refractivity contribution in [1.29, 1.82) is 0 Å². The Morgan fingerprint density at radius 1 is 1.18 bits per heavy atom. The first-order chi connectivity index (χ1) is 16.0. The van der Waals surface area contributed by atoms with Crippen molar-refractivity contribution in [2.75, 3.05) is 6.54 Å². The van der Waals surface area contributed by atoms with Crippen LogP contribution in [0.4, 0.5) is 5.69 Å². The van der Waals surface area contributed by atoms with Crippen LogP contribution in [0.5, 0.6) is 0 Å². The topological polar surface area (TPSA) is 74.1 Å². The molecule has 0 aliphatic carbocycles. The van der Waals surface area contributed by atoms with Gasteiger partial charge in [0.05, 0.1) is 5.69 Å². The molecule has 1 atom stereocenters. The molecule has 2 aromatic carbocycles. The smallest absolute Gasteiger partial charge is 0.259 e. The quantitative estimate of drug-likeness (QED) is 0.568. The third-order valence-electron chi connectivity index (χ3n) is 5.90. The van der Waals surface area contributed by atoms with Crippen molar-refractivity contribution in [3.8, 4) is 0 Å². The van der Waals surface area contributed by atoms with Gasteiger partial charge in [-0.1, -0.05) is 61.0 Å². The number of thioether (sulfide) groups is 1. The minimum Gasteiger partial charge on any atom is -0.356 e. The van der Waals surface area contributed by atoms with Crippen LogP contribution in [-0.2, 0) is 15.3 Å². The Morgan fingerprint density at radius 3 is 2.79 bits per heavy atom. The number of carbonyl (C=O) groups is 2. The van der Waals surface area contributed by atoms with Gasteiger partial charge in [-0.15, -0.1) is 0 Å². The van der Waals surface area contributed by atoms with Crippen LogP contribution in [0.3, 0.4) is 0 Å². The van der Waals surface area contributed by atoms with Crippen molar-refractivity contribution in [2.24, 2.45) is 9.98 Å². The zero-order valence-corrected chi connectivity index (χ0v) is 20.2. The summed E-state index contributed by atoms with van der Waals surface area (Å²) in [5.74, 6) is 1.23. The van der Waals surface area contributed by atoms with Crippen LogP contribution in [0.1, 0.15) is 54.9 Å². The maximum absolute atomic E-state index is 13.3. The molecule has 1 N–H and O–H groups in total. The molecule has 2 heterocycles. The molecule has 0 aromatic heterocycles. The molecule has 7 heteroatoms. The van der Waals surface area contributed by atoms with Gasteiger partial charge in [0.2, 0.25) is 5.91 Å². The number of para-hydroxylation sites is 1. The van der Waals surface area contributed by atoms with Crippen LogP contribution in [0.2, 0.25) is 0 Å². The van der Waals surface area contributed by atoms with E-state index in [1.54, 1.807) is 16.7 Å². The number of nitrogens with zero attached hydrogens (tertiary/aromatic N) is 3. The van der Waals surface area contributed by atoms with Crippen molar-refractivity contribution >= 4 is 40.3 Å². The van der Waals surface area contributed by atoms with Crippen molar-refractivity contribution in [3.05, 3.63) is 64.7 Å². The van der Waals surface area contributed by atoms with Crippen molar-refractivity contribution < 1.29 is 9.59 Å². The summed E-state index contributed by atoms with van der Waals surface area (Å²) in [4.78, 5) is 36.7. The number of nitrogens with one attached hydrogen (secondary N) is 1. The standard InChI is InChI=1S/C26H30N4O2S/c1-4-5-14-27-23(31)13-12-22-25(32)30-24(28-22)20-8-6-7-9-21(20)29-26(30)33-16-19-11-10-17(2)15-18(19)3/h6-11,15,22H,4-5,12-14,16H2,1-3H3,(H,27,31)/t22-/m1/s1. The van der Waals surface area contributed by atoms with Crippen LogP contribution in [0, 0.1) is 13.8 Å². The molecule has 6 nitrogen and oxygen atoms in total. The number of aliphatic imine (C=N–C) groups is 2. The summed E-state index contributed by atoms with van der Waals surface area (Å²) in [5, 5.41) is 3.56. The average Bonchev–Trinajstić information content (AvgIpc) is 3.14. The fraction of sp³-hybridized carbons (Fsp3) is 0.385. The molecule has 4 rings (SSSR count). The molecular weight excluding hydrogens is 432 g/mol. The van der Waals surface area contributed by atoms with E-state index in [4.69, 9.17) is 9.98 Å². The van der Waals surface area contributed by atoms with Crippen LogP contribution in [-0.4, -0.2) is 40.3 Å². The molecule has 0 fully saturated rings. The van der Waals surface area contributed by atoms with E-state index in [2.05, 4.69) is 44.3 Å². The lowest BCUT2D eigenvalue weighted by atomic mass is 10.1. The predicted molar refractivity (Wildman–Crippen MR) is 135 cm³/mol. The summed E-state index contributed by atoms with van der Waals surface area (Å²) < 4.78 is 0. The number of rotatable bonds is 8. The van der Waals surface area contributed by atoms with E-state index >= 15 is 0 Å². The normalized spacial score (nSPS) is 16.8. The molecule has 2 aromatic rings. The maximum atomic E-state index is 13.3. The van der Waals surface area contributed by atoms with E-state index in [1.165, 1.54) is 16.7 Å². The zero-order chi connectivity index (χ0) is 23.4. The summed E-state index contributed by atoms with van der Waals surface area (Å²) in [5.41, 5.74) is 5.36. The molecule has 172 valence electrons. The highest BCUT2D eigenvalue weighted by atomic mass is 32.2. The Labute approximate surface area is 199 Å². The summed E-state index contributed by atoms with van der Waals surface area (Å²) >= 11 is 1.55. The molecule has 2 amide bonds. The molecule has 2 aliphatic rings. The number of carbonyl (C=O) groups excluding carboxylic acids is 2. The van der Waals surface area contributed by atoms with Gasteiger partial charge in [-0.2, -0.15) is 0 Å². The largest absolute Gasteiger partial charge is 0.356 e. The summed E-state index contributed by atoms with van der Waals surface area (Å²) in [7, 11) is 0. The van der Waals surface area contributed by atoms with Gasteiger partial charge in [0.1, 0.15) is 11.9 Å². The lowest BCUT2D eigenvalue weighted by molar-refractivity contribution is -0.125. The Bertz CT molecular complexity index is 1130. The number of amides is 2. The Morgan fingerprint density at radius 2 is 2.00 bits per heavy atom. The highest BCUT2D eigenvalue weighted by molar-refractivity contribution is 8.13. The second kappa shape index (κ2) is 10.3. The Kier molecular flexibility index (Phi) is 7.28. The minimum atomic E-state index is -0.560. The van der Waals surface area contributed by atoms with Gasteiger partial charge in [-0.3, -0.25) is 14.6 Å². The number of amidine groups is 2. The van der Waals surface area contributed by atoms with Crippen molar-refractivity contribution in [1.82, 2.24) is 10.2 Å². The van der Waals surface area contributed by atoms with E-state index in [-0.39, 0.29) is 18.2 Å². The van der Waals surface area contributed by atoms with Gasteiger partial charge in [-0.25, -0.2) is 9.89 Å². The van der Waals surface area contributed by atoms with Gasteiger partial charge in [-0.05, 0) is 49.9 Å². The van der Waals surface area contributed by atoms with Crippen LogP contribution in [0.25, 0.3) is 0 Å². The fourth-order valence-electron chi connectivity index (χ4n) is 4.00. The van der Waals surface area contributed by atoms with Gasteiger partial charge >= 0.3 is 0 Å². The van der Waals surface area contributed by atoms with E-state index in [9.17, 15) is 9.59 Å². The molecule has 2 aliphatic heterocycles. The molecular formula is C26H30N4O2S. The van der Waals surface area contributed by atoms with Gasteiger partial charge < -0.3 is 5.32 Å². The lowest BCUT2D eigenvalue weighted by Gasteiger charge is -2.25. The molecule has 0 unspecified atom stereocenters.